The van der Waals surface area contributed by atoms with Crippen LogP contribution in [-0.4, -0.2) is 47.3 Å². The van der Waals surface area contributed by atoms with E-state index in [0.717, 1.165) is 146 Å². The molecule has 0 unspecified atom stereocenters. The maximum absolute atomic E-state index is 11.8. The molecule has 0 atom stereocenters. The van der Waals surface area contributed by atoms with Gasteiger partial charge in [0.25, 0.3) is 0 Å². The Balaban J connectivity index is -0.000000194. The van der Waals surface area contributed by atoms with Gasteiger partial charge in [0.05, 0.1) is 0 Å². The van der Waals surface area contributed by atoms with Crippen LogP contribution in [0.2, 0.25) is 0 Å². The monoisotopic (exact) mass is 1730 g/mol. The lowest BCUT2D eigenvalue weighted by molar-refractivity contribution is -0.128. The van der Waals surface area contributed by atoms with Crippen LogP contribution < -0.4 is 21.3 Å². The van der Waals surface area contributed by atoms with Crippen LogP contribution in [0, 0.1) is 118 Å². The zero-order valence-corrected chi connectivity index (χ0v) is 92.2. The first-order valence-electron chi connectivity index (χ1n) is 55.4. The van der Waals surface area contributed by atoms with Crippen LogP contribution in [0.3, 0.4) is 0 Å². The van der Waals surface area contributed by atoms with Crippen molar-refractivity contribution in [1.29, 1.82) is 0 Å². The molecule has 4 N–H and O–H groups in total. The summed E-state index contributed by atoms with van der Waals surface area (Å²) in [5, 5.41) is 12.3. The van der Waals surface area contributed by atoms with Crippen molar-refractivity contribution >= 4 is 23.6 Å². The van der Waals surface area contributed by atoms with Gasteiger partial charge in [0.15, 0.2) is 0 Å². The molecule has 0 aromatic heterocycles. The number of nitrogens with one attached hydrogen (secondary N) is 4. The largest absolute Gasteiger partial charge is 0.354 e. The van der Waals surface area contributed by atoms with E-state index in [1.54, 1.807) is 0 Å². The summed E-state index contributed by atoms with van der Waals surface area (Å²) in [6.07, 6.45) is 60.0. The molecule has 8 heteroatoms. The molecule has 122 heavy (non-hydrogen) atoms. The van der Waals surface area contributed by atoms with Crippen molar-refractivity contribution in [2.24, 2.45) is 118 Å². The van der Waals surface area contributed by atoms with Gasteiger partial charge in [0, 0.05) is 47.3 Å². The van der Waals surface area contributed by atoms with Gasteiger partial charge in [-0.15, -0.1) is 0 Å². The lowest BCUT2D eigenvalue weighted by Crippen LogP contribution is -2.44. The van der Waals surface area contributed by atoms with Crippen molar-refractivity contribution in [2.75, 3.05) is 0 Å². The molecule has 0 aromatic rings. The van der Waals surface area contributed by atoms with E-state index in [1.165, 1.54) is 238 Å². The summed E-state index contributed by atoms with van der Waals surface area (Å²) in [6.45, 7) is 87.7. The molecule has 12 rings (SSSR count). The van der Waals surface area contributed by atoms with Crippen molar-refractivity contribution in [3.63, 3.8) is 0 Å². The molecule has 12 saturated carbocycles. The minimum Gasteiger partial charge on any atom is -0.354 e. The van der Waals surface area contributed by atoms with E-state index in [-0.39, 0.29) is 29.3 Å². The molecule has 12 aliphatic rings. The topological polar surface area (TPSA) is 116 Å². The van der Waals surface area contributed by atoms with Crippen LogP contribution in [-0.2, 0) is 19.2 Å². The van der Waals surface area contributed by atoms with Gasteiger partial charge in [0.1, 0.15) is 0 Å². The first-order valence-corrected chi connectivity index (χ1v) is 55.4. The van der Waals surface area contributed by atoms with E-state index in [0.29, 0.717) is 41.7 Å². The molecular formula is C114H240N4O4. The van der Waals surface area contributed by atoms with Crippen LogP contribution in [0.5, 0.6) is 0 Å². The number of hydrogen-bond acceptors (Lipinski definition) is 4. The number of carbonyl (C=O) groups excluding carboxylic acids is 4. The van der Waals surface area contributed by atoms with Gasteiger partial charge in [-0.25, -0.2) is 0 Å². The van der Waals surface area contributed by atoms with E-state index in [1.807, 2.05) is 173 Å². The third kappa shape index (κ3) is 82.3. The second-order valence-electron chi connectivity index (χ2n) is 40.3. The Labute approximate surface area is 774 Å². The Bertz CT molecular complexity index is 1820. The van der Waals surface area contributed by atoms with Crippen molar-refractivity contribution in [3.8, 4) is 0 Å². The van der Waals surface area contributed by atoms with E-state index in [4.69, 9.17) is 0 Å². The predicted molar refractivity (Wildman–Crippen MR) is 557 cm³/mol. The van der Waals surface area contributed by atoms with Crippen molar-refractivity contribution in [3.05, 3.63) is 0 Å². The first-order chi connectivity index (χ1) is 58.2. The third-order valence-electron chi connectivity index (χ3n) is 26.7. The standard InChI is InChI=1S/C12H21NO.C12H23NO.C11H19NO.C11H21NO.6C8H16.10C2H6/c1-9-5-7-10(8-6-9)12(14)13-11-3-2-4-11;1-9-5-7-10(8-6-9)11(14)13-12(2,3)4;1-8-2-4-9(5-3-8)11(13)12-10-6-7-10;1-8(2)12-11(13)10-6-4-9(3)5-7-10;6*1-7-3-5-8(2)6-4-7;10*1-2/h9-11H,2-8H2,1H3,(H,13,14);9-10H,5-8H2,1-4H3,(H,13,14);8-10H,2-7H2,1H3,(H,12,13);8-10H,4-7H2,1-3H3,(H,12,13);6*7-8H,3-6H2,1-2H3;10*1-2H3. The Morgan fingerprint density at radius 1 is 0.197 bits per heavy atom. The van der Waals surface area contributed by atoms with Crippen LogP contribution >= 0.6 is 0 Å². The molecule has 740 valence electrons. The summed E-state index contributed by atoms with van der Waals surface area (Å²) in [7, 11) is 0. The molecule has 0 aliphatic heterocycles. The van der Waals surface area contributed by atoms with Gasteiger partial charge in [-0.05, 0) is 264 Å². The number of hydrogen-bond donors (Lipinski definition) is 4. The van der Waals surface area contributed by atoms with Gasteiger partial charge in [-0.1, -0.05) is 403 Å². The lowest BCUT2D eigenvalue weighted by Gasteiger charge is -2.31. The van der Waals surface area contributed by atoms with Crippen LogP contribution in [0.4, 0.5) is 0 Å². The Hall–Kier alpha value is -2.12. The summed E-state index contributed by atoms with van der Waals surface area (Å²) in [6, 6.07) is 1.33. The lowest BCUT2D eigenvalue weighted by atomic mass is 9.82. The molecule has 0 radical (unpaired) electrons. The highest BCUT2D eigenvalue weighted by Crippen LogP contribution is 2.36. The van der Waals surface area contributed by atoms with E-state index >= 15 is 0 Å². The zero-order chi connectivity index (χ0) is 95.7. The molecule has 4 amide bonds. The maximum atomic E-state index is 11.8. The van der Waals surface area contributed by atoms with E-state index in [9.17, 15) is 19.2 Å². The predicted octanol–water partition coefficient (Wildman–Crippen LogP) is 36.9. The molecule has 0 heterocycles. The minimum absolute atomic E-state index is 0.0832. The van der Waals surface area contributed by atoms with Crippen LogP contribution in [0.15, 0.2) is 0 Å². The van der Waals surface area contributed by atoms with E-state index in [2.05, 4.69) is 132 Å². The van der Waals surface area contributed by atoms with Crippen molar-refractivity contribution in [2.45, 2.75) is 596 Å². The summed E-state index contributed by atoms with van der Waals surface area (Å²) in [4.78, 5) is 46.9. The van der Waals surface area contributed by atoms with Gasteiger partial charge in [-0.2, -0.15) is 0 Å². The fourth-order valence-electron chi connectivity index (χ4n) is 16.9. The number of amides is 4. The first kappa shape index (κ1) is 135. The average Bonchev–Trinajstić information content (AvgIpc) is 1.33. The molecule has 0 bridgehead atoms. The molecule has 0 spiro atoms. The average molecular weight is 1730 g/mol. The quantitative estimate of drug-likeness (QED) is 0.203. The van der Waals surface area contributed by atoms with Gasteiger partial charge < -0.3 is 21.3 Å². The minimum atomic E-state index is -0.0832. The highest BCUT2D eigenvalue weighted by atomic mass is 16.2. The van der Waals surface area contributed by atoms with Crippen LogP contribution in [0.1, 0.15) is 573 Å². The number of carbonyl (C=O) groups is 4. The molecule has 12 aliphatic carbocycles. The van der Waals surface area contributed by atoms with Gasteiger partial charge in [0.2, 0.25) is 23.6 Å². The smallest absolute Gasteiger partial charge is 0.223 e. The summed E-state index contributed by atoms with van der Waals surface area (Å²) in [5.74, 6) is 17.9. The highest BCUT2D eigenvalue weighted by molar-refractivity contribution is 5.80. The Kier molecular flexibility index (Phi) is 102. The molecule has 0 saturated heterocycles. The molecule has 8 nitrogen and oxygen atoms in total. The maximum Gasteiger partial charge on any atom is 0.223 e. The molecule has 0 aromatic carbocycles. The normalized spacial score (nSPS) is 30.0. The van der Waals surface area contributed by atoms with Gasteiger partial charge in [-0.3, -0.25) is 19.2 Å². The second kappa shape index (κ2) is 92.2. The Morgan fingerprint density at radius 3 is 0.451 bits per heavy atom. The summed E-state index contributed by atoms with van der Waals surface area (Å²) < 4.78 is 0. The SMILES string of the molecule is CC.CC.CC.CC.CC.CC.CC.CC.CC.CC.CC1CCC(C(=O)NC(C)(C)C)CC1.CC1CCC(C(=O)NC(C)C)CC1.CC1CCC(C(=O)NC2CC2)CC1.CC1CCC(C(=O)NC2CCC2)CC1.CC1CCC(C)CC1.CC1CCC(C)CC1.CC1CCC(C)CC1.CC1CCC(C)CC1.CC1CCC(C)CC1.CC1CCC(C)CC1. The molecular weight excluding hydrogens is 1490 g/mol. The fraction of sp³-hybridized carbons (Fsp3) is 0.965. The van der Waals surface area contributed by atoms with E-state index < -0.39 is 0 Å². The van der Waals surface area contributed by atoms with Crippen molar-refractivity contribution < 1.29 is 19.2 Å². The zero-order valence-electron chi connectivity index (χ0n) is 92.2. The fourth-order valence-corrected chi connectivity index (χ4v) is 16.9. The second-order valence-corrected chi connectivity index (χ2v) is 40.3. The Morgan fingerprint density at radius 2 is 0.328 bits per heavy atom. The molecule has 12 fully saturated rings. The van der Waals surface area contributed by atoms with Crippen molar-refractivity contribution in [1.82, 2.24) is 21.3 Å². The van der Waals surface area contributed by atoms with Crippen LogP contribution in [0.25, 0.3) is 0 Å². The third-order valence-corrected chi connectivity index (χ3v) is 26.7. The van der Waals surface area contributed by atoms with Gasteiger partial charge >= 0.3 is 0 Å². The summed E-state index contributed by atoms with van der Waals surface area (Å²) in [5.41, 5.74) is -0.0832. The summed E-state index contributed by atoms with van der Waals surface area (Å²) >= 11 is 0. The highest BCUT2D eigenvalue weighted by Gasteiger charge is 2.32. The number of rotatable bonds is 7.